The number of anilines is 2. The summed E-state index contributed by atoms with van der Waals surface area (Å²) in [7, 11) is 0. The van der Waals surface area contributed by atoms with Crippen molar-refractivity contribution in [2.24, 2.45) is 0 Å². The average Bonchev–Trinajstić information content (AvgIpc) is 2.58. The van der Waals surface area contributed by atoms with Gasteiger partial charge in [-0.1, -0.05) is 37.3 Å². The Morgan fingerprint density at radius 1 is 1.08 bits per heavy atom. The van der Waals surface area contributed by atoms with Gasteiger partial charge in [0.2, 0.25) is 5.91 Å². The number of halogens is 1. The molecule has 2 N–H and O–H groups in total. The van der Waals surface area contributed by atoms with Crippen LogP contribution in [0.1, 0.15) is 25.8 Å². The van der Waals surface area contributed by atoms with Gasteiger partial charge in [-0.2, -0.15) is 0 Å². The van der Waals surface area contributed by atoms with Gasteiger partial charge in [0.15, 0.2) is 0 Å². The van der Waals surface area contributed by atoms with E-state index in [1.807, 2.05) is 37.3 Å². The number of nitrogens with one attached hydrogen (secondary N) is 2. The summed E-state index contributed by atoms with van der Waals surface area (Å²) in [5.41, 5.74) is 1.49. The monoisotopic (exact) mass is 343 g/mol. The van der Waals surface area contributed by atoms with Crippen LogP contribution >= 0.6 is 0 Å². The Bertz CT molecular complexity index is 735. The molecule has 5 nitrogen and oxygen atoms in total. The molecule has 0 unspecified atom stereocenters. The fourth-order valence-electron chi connectivity index (χ4n) is 2.42. The number of carbonyl (C=O) groups excluding carboxylic acids is 2. The van der Waals surface area contributed by atoms with Crippen LogP contribution < -0.4 is 10.6 Å². The first kappa shape index (κ1) is 18.4. The number of amides is 3. The fraction of sp³-hybridized carbons (Fsp3) is 0.263. The Labute approximate surface area is 146 Å². The van der Waals surface area contributed by atoms with Gasteiger partial charge in [-0.3, -0.25) is 4.79 Å². The number of benzene rings is 2. The van der Waals surface area contributed by atoms with Crippen molar-refractivity contribution < 1.29 is 14.0 Å². The summed E-state index contributed by atoms with van der Waals surface area (Å²) < 4.78 is 13.7. The van der Waals surface area contributed by atoms with E-state index in [-0.39, 0.29) is 17.6 Å². The third-order valence-corrected chi connectivity index (χ3v) is 3.53. The molecule has 2 aromatic rings. The van der Waals surface area contributed by atoms with Crippen molar-refractivity contribution in [3.8, 4) is 0 Å². The minimum atomic E-state index is -0.553. The van der Waals surface area contributed by atoms with Gasteiger partial charge in [0.05, 0.1) is 5.69 Å². The van der Waals surface area contributed by atoms with Crippen LogP contribution in [0.15, 0.2) is 48.5 Å². The molecule has 0 radical (unpaired) electrons. The molecule has 0 heterocycles. The third-order valence-electron chi connectivity index (χ3n) is 3.53. The molecule has 0 spiro atoms. The van der Waals surface area contributed by atoms with Gasteiger partial charge in [0.25, 0.3) is 0 Å². The molecule has 132 valence electrons. The van der Waals surface area contributed by atoms with Crippen LogP contribution in [-0.4, -0.2) is 23.4 Å². The molecule has 2 aromatic carbocycles. The Hall–Kier alpha value is -2.89. The van der Waals surface area contributed by atoms with E-state index in [0.717, 1.165) is 12.0 Å². The van der Waals surface area contributed by atoms with Gasteiger partial charge in [-0.15, -0.1) is 0 Å². The zero-order chi connectivity index (χ0) is 18.2. The fourth-order valence-corrected chi connectivity index (χ4v) is 2.42. The molecule has 6 heteroatoms. The van der Waals surface area contributed by atoms with Gasteiger partial charge in [-0.25, -0.2) is 9.18 Å². The number of carbonyl (C=O) groups is 2. The molecule has 0 aliphatic carbocycles. The van der Waals surface area contributed by atoms with E-state index < -0.39 is 5.82 Å². The lowest BCUT2D eigenvalue weighted by molar-refractivity contribution is -0.114. The number of urea groups is 1. The highest BCUT2D eigenvalue weighted by molar-refractivity contribution is 5.92. The first-order chi connectivity index (χ1) is 12.0. The average molecular weight is 343 g/mol. The molecule has 2 rings (SSSR count). The maximum Gasteiger partial charge on any atom is 0.322 e. The Kier molecular flexibility index (Phi) is 6.51. The van der Waals surface area contributed by atoms with E-state index in [9.17, 15) is 14.0 Å². The molecule has 0 bridgehead atoms. The molecule has 0 aromatic heterocycles. The van der Waals surface area contributed by atoms with Crippen molar-refractivity contribution in [2.45, 2.75) is 26.8 Å². The summed E-state index contributed by atoms with van der Waals surface area (Å²) in [6, 6.07) is 13.5. The molecular formula is C19H22FN3O2. The van der Waals surface area contributed by atoms with E-state index in [1.165, 1.54) is 25.1 Å². The van der Waals surface area contributed by atoms with Crippen molar-refractivity contribution in [2.75, 3.05) is 17.2 Å². The zero-order valence-electron chi connectivity index (χ0n) is 14.4. The van der Waals surface area contributed by atoms with Gasteiger partial charge in [0.1, 0.15) is 5.82 Å². The van der Waals surface area contributed by atoms with Gasteiger partial charge >= 0.3 is 6.03 Å². The lowest BCUT2D eigenvalue weighted by atomic mass is 10.2. The van der Waals surface area contributed by atoms with Crippen molar-refractivity contribution >= 4 is 23.3 Å². The van der Waals surface area contributed by atoms with Crippen LogP contribution in [0.5, 0.6) is 0 Å². The highest BCUT2D eigenvalue weighted by atomic mass is 19.1. The first-order valence-corrected chi connectivity index (χ1v) is 8.16. The number of hydrogen-bond acceptors (Lipinski definition) is 2. The highest BCUT2D eigenvalue weighted by Gasteiger charge is 2.14. The predicted octanol–water partition coefficient (Wildman–Crippen LogP) is 4.23. The Morgan fingerprint density at radius 2 is 1.80 bits per heavy atom. The number of hydrogen-bond donors (Lipinski definition) is 2. The standard InChI is InChI=1S/C19H22FN3O2/c1-3-11-23(13-15-7-5-4-6-8-15)19(25)22-16-9-10-17(20)18(12-16)21-14(2)24/h4-10,12H,3,11,13H2,1-2H3,(H,21,24)(H,22,25). The molecule has 0 aliphatic heterocycles. The van der Waals surface area contributed by atoms with E-state index in [2.05, 4.69) is 10.6 Å². The second-order valence-electron chi connectivity index (χ2n) is 5.71. The molecule has 0 saturated carbocycles. The van der Waals surface area contributed by atoms with E-state index >= 15 is 0 Å². The molecule has 3 amide bonds. The van der Waals surface area contributed by atoms with Crippen LogP contribution in [0.4, 0.5) is 20.6 Å². The number of rotatable bonds is 6. The minimum absolute atomic E-state index is 0.0374. The summed E-state index contributed by atoms with van der Waals surface area (Å²) in [6.45, 7) is 4.38. The van der Waals surface area contributed by atoms with Gasteiger partial charge < -0.3 is 15.5 Å². The molecule has 0 atom stereocenters. The SMILES string of the molecule is CCCN(Cc1ccccc1)C(=O)Nc1ccc(F)c(NC(C)=O)c1. The third kappa shape index (κ3) is 5.60. The summed E-state index contributed by atoms with van der Waals surface area (Å²) in [5, 5.41) is 5.16. The number of nitrogens with zero attached hydrogens (tertiary/aromatic N) is 1. The second kappa shape index (κ2) is 8.82. The van der Waals surface area contributed by atoms with Crippen LogP contribution in [0.25, 0.3) is 0 Å². The quantitative estimate of drug-likeness (QED) is 0.824. The molecule has 0 fully saturated rings. The topological polar surface area (TPSA) is 61.4 Å². The minimum Gasteiger partial charge on any atom is -0.324 e. The second-order valence-corrected chi connectivity index (χ2v) is 5.71. The maximum atomic E-state index is 13.7. The Balaban J connectivity index is 2.11. The summed E-state index contributed by atoms with van der Waals surface area (Å²) >= 11 is 0. The lowest BCUT2D eigenvalue weighted by Crippen LogP contribution is -2.35. The molecule has 25 heavy (non-hydrogen) atoms. The first-order valence-electron chi connectivity index (χ1n) is 8.16. The highest BCUT2D eigenvalue weighted by Crippen LogP contribution is 2.20. The van der Waals surface area contributed by atoms with E-state index in [1.54, 1.807) is 4.90 Å². The zero-order valence-corrected chi connectivity index (χ0v) is 14.4. The van der Waals surface area contributed by atoms with Gasteiger partial charge in [-0.05, 0) is 30.2 Å². The smallest absolute Gasteiger partial charge is 0.322 e. The molecule has 0 saturated heterocycles. The molecular weight excluding hydrogens is 321 g/mol. The van der Waals surface area contributed by atoms with Crippen LogP contribution in [0.2, 0.25) is 0 Å². The van der Waals surface area contributed by atoms with Crippen LogP contribution in [-0.2, 0) is 11.3 Å². The van der Waals surface area contributed by atoms with Crippen molar-refractivity contribution in [3.05, 3.63) is 59.9 Å². The Morgan fingerprint density at radius 3 is 2.44 bits per heavy atom. The summed E-state index contributed by atoms with van der Waals surface area (Å²) in [5.74, 6) is -0.929. The van der Waals surface area contributed by atoms with Crippen molar-refractivity contribution in [1.82, 2.24) is 4.90 Å². The summed E-state index contributed by atoms with van der Waals surface area (Å²) in [4.78, 5) is 25.4. The largest absolute Gasteiger partial charge is 0.324 e. The maximum absolute atomic E-state index is 13.7. The van der Waals surface area contributed by atoms with E-state index in [0.29, 0.717) is 18.8 Å². The van der Waals surface area contributed by atoms with E-state index in [4.69, 9.17) is 0 Å². The predicted molar refractivity (Wildman–Crippen MR) is 96.9 cm³/mol. The summed E-state index contributed by atoms with van der Waals surface area (Å²) in [6.07, 6.45) is 0.820. The van der Waals surface area contributed by atoms with Crippen molar-refractivity contribution in [3.63, 3.8) is 0 Å². The van der Waals surface area contributed by atoms with Crippen molar-refractivity contribution in [1.29, 1.82) is 0 Å². The van der Waals surface area contributed by atoms with Gasteiger partial charge in [0, 0.05) is 25.7 Å². The lowest BCUT2D eigenvalue weighted by Gasteiger charge is -2.23. The van der Waals surface area contributed by atoms with Crippen LogP contribution in [0, 0.1) is 5.82 Å². The molecule has 0 aliphatic rings. The van der Waals surface area contributed by atoms with Crippen LogP contribution in [0.3, 0.4) is 0 Å². The normalized spacial score (nSPS) is 10.2.